The molecule has 0 unspecified atom stereocenters. The fourth-order valence-corrected chi connectivity index (χ4v) is 3.63. The minimum atomic E-state index is -0.180. The van der Waals surface area contributed by atoms with Crippen molar-refractivity contribution in [3.8, 4) is 5.75 Å². The number of aromatic nitrogens is 2. The molecule has 0 fully saturated rings. The van der Waals surface area contributed by atoms with Gasteiger partial charge in [0.05, 0.1) is 31.4 Å². The molecule has 1 aromatic heterocycles. The lowest BCUT2D eigenvalue weighted by Crippen LogP contribution is -2.15. The van der Waals surface area contributed by atoms with E-state index < -0.39 is 0 Å². The maximum Gasteiger partial charge on any atom is 0.234 e. The highest BCUT2D eigenvalue weighted by Gasteiger charge is 2.13. The molecule has 7 nitrogen and oxygen atoms in total. The molecule has 1 amide bonds. The molecule has 0 bridgehead atoms. The summed E-state index contributed by atoms with van der Waals surface area (Å²) in [6, 6.07) is 14.4. The van der Waals surface area contributed by atoms with E-state index in [1.165, 1.54) is 18.7 Å². The fourth-order valence-electron chi connectivity index (χ4n) is 2.83. The van der Waals surface area contributed by atoms with E-state index in [1.54, 1.807) is 37.6 Å². The molecule has 0 radical (unpaired) electrons. The first-order valence-corrected chi connectivity index (χ1v) is 10.3. The number of hydrogen-bond donors (Lipinski definition) is 2. The molecule has 156 valence electrons. The SMILES string of the molecule is COc1ccc(Cn2c(CO)cnc2SCC(=O)Nc2ccc(C(C)=O)cc2)cc1. The van der Waals surface area contributed by atoms with Crippen LogP contribution in [-0.2, 0) is 17.9 Å². The molecule has 2 aromatic carbocycles. The minimum absolute atomic E-state index is 0.0215. The molecule has 0 atom stereocenters. The third-order valence-corrected chi connectivity index (χ3v) is 5.46. The fraction of sp³-hybridized carbons (Fsp3) is 0.227. The number of Topliss-reactive ketones (excluding diaryl/α,β-unsaturated/α-hetero) is 1. The summed E-state index contributed by atoms with van der Waals surface area (Å²) in [5.74, 6) is 0.736. The Morgan fingerprint density at radius 3 is 2.43 bits per heavy atom. The zero-order valence-electron chi connectivity index (χ0n) is 16.8. The number of aliphatic hydroxyl groups is 1. The van der Waals surface area contributed by atoms with Gasteiger partial charge in [0.15, 0.2) is 10.9 Å². The second kappa shape index (κ2) is 10.1. The normalized spacial score (nSPS) is 10.6. The van der Waals surface area contributed by atoms with Crippen LogP contribution in [0.15, 0.2) is 59.9 Å². The first-order valence-electron chi connectivity index (χ1n) is 9.32. The molecule has 3 aromatic rings. The maximum absolute atomic E-state index is 12.3. The van der Waals surface area contributed by atoms with Crippen molar-refractivity contribution in [1.29, 1.82) is 0 Å². The zero-order chi connectivity index (χ0) is 21.5. The van der Waals surface area contributed by atoms with Crippen molar-refractivity contribution in [1.82, 2.24) is 9.55 Å². The number of hydrogen-bond acceptors (Lipinski definition) is 6. The number of methoxy groups -OCH3 is 1. The van der Waals surface area contributed by atoms with Gasteiger partial charge in [0.2, 0.25) is 5.91 Å². The third-order valence-electron chi connectivity index (χ3n) is 4.47. The van der Waals surface area contributed by atoms with Gasteiger partial charge in [-0.25, -0.2) is 4.98 Å². The highest BCUT2D eigenvalue weighted by Crippen LogP contribution is 2.22. The molecule has 0 spiro atoms. The monoisotopic (exact) mass is 425 g/mol. The average Bonchev–Trinajstić information content (AvgIpc) is 3.14. The molecule has 0 saturated carbocycles. The van der Waals surface area contributed by atoms with Crippen LogP contribution in [0.2, 0.25) is 0 Å². The Kier molecular flexibility index (Phi) is 7.26. The number of carbonyl (C=O) groups excluding carboxylic acids is 2. The summed E-state index contributed by atoms with van der Waals surface area (Å²) in [6.45, 7) is 1.88. The molecule has 0 saturated heterocycles. The molecule has 8 heteroatoms. The lowest BCUT2D eigenvalue weighted by atomic mass is 10.1. The van der Waals surface area contributed by atoms with Crippen LogP contribution in [-0.4, -0.2) is 39.2 Å². The lowest BCUT2D eigenvalue weighted by molar-refractivity contribution is -0.113. The standard InChI is InChI=1S/C22H23N3O4S/c1-15(27)17-5-7-18(8-6-17)24-21(28)14-30-22-23-11-19(13-26)25(22)12-16-3-9-20(29-2)10-4-16/h3-11,26H,12-14H2,1-2H3,(H,24,28). The first-order chi connectivity index (χ1) is 14.5. The van der Waals surface area contributed by atoms with Crippen molar-refractivity contribution in [3.63, 3.8) is 0 Å². The highest BCUT2D eigenvalue weighted by molar-refractivity contribution is 7.99. The topological polar surface area (TPSA) is 93.4 Å². The number of nitrogens with zero attached hydrogens (tertiary/aromatic N) is 2. The van der Waals surface area contributed by atoms with Gasteiger partial charge in [-0.2, -0.15) is 0 Å². The van der Waals surface area contributed by atoms with E-state index in [0.29, 0.717) is 28.6 Å². The number of ketones is 1. The van der Waals surface area contributed by atoms with Crippen LogP contribution < -0.4 is 10.1 Å². The van der Waals surface area contributed by atoms with Gasteiger partial charge in [-0.3, -0.25) is 9.59 Å². The Balaban J connectivity index is 1.63. The van der Waals surface area contributed by atoms with E-state index in [9.17, 15) is 14.7 Å². The molecule has 3 rings (SSSR count). The number of thioether (sulfide) groups is 1. The van der Waals surface area contributed by atoms with E-state index in [4.69, 9.17) is 4.74 Å². The van der Waals surface area contributed by atoms with Gasteiger partial charge in [-0.05, 0) is 48.9 Å². The third kappa shape index (κ3) is 5.49. The molecule has 0 aliphatic heterocycles. The van der Waals surface area contributed by atoms with Gasteiger partial charge in [-0.1, -0.05) is 23.9 Å². The Hall–Kier alpha value is -3.10. The van der Waals surface area contributed by atoms with E-state index in [0.717, 1.165) is 11.3 Å². The smallest absolute Gasteiger partial charge is 0.234 e. The summed E-state index contributed by atoms with van der Waals surface area (Å²) in [7, 11) is 1.62. The molecule has 1 heterocycles. The second-order valence-electron chi connectivity index (χ2n) is 6.59. The number of nitrogens with one attached hydrogen (secondary N) is 1. The van der Waals surface area contributed by atoms with Gasteiger partial charge in [-0.15, -0.1) is 0 Å². The van der Waals surface area contributed by atoms with E-state index >= 15 is 0 Å². The number of benzene rings is 2. The van der Waals surface area contributed by atoms with Crippen molar-refractivity contribution in [3.05, 3.63) is 71.5 Å². The molecule has 0 aliphatic rings. The van der Waals surface area contributed by atoms with Crippen molar-refractivity contribution >= 4 is 29.1 Å². The van der Waals surface area contributed by atoms with E-state index in [1.807, 2.05) is 28.8 Å². The summed E-state index contributed by atoms with van der Waals surface area (Å²) in [6.07, 6.45) is 1.62. The first kappa shape index (κ1) is 21.6. The van der Waals surface area contributed by atoms with Crippen LogP contribution in [0.1, 0.15) is 28.5 Å². The molecule has 0 aliphatic carbocycles. The Morgan fingerprint density at radius 2 is 1.83 bits per heavy atom. The second-order valence-corrected chi connectivity index (χ2v) is 7.54. The quantitative estimate of drug-likeness (QED) is 0.403. The van der Waals surface area contributed by atoms with E-state index in [2.05, 4.69) is 10.3 Å². The predicted octanol–water partition coefficient (Wildman–Crippen LogP) is 3.37. The number of ether oxygens (including phenoxy) is 1. The predicted molar refractivity (Wildman–Crippen MR) is 116 cm³/mol. The van der Waals surface area contributed by atoms with Crippen LogP contribution in [0.5, 0.6) is 5.75 Å². The van der Waals surface area contributed by atoms with Crippen LogP contribution in [0.4, 0.5) is 5.69 Å². The van der Waals surface area contributed by atoms with Crippen molar-refractivity contribution in [2.75, 3.05) is 18.2 Å². The van der Waals surface area contributed by atoms with Gasteiger partial charge in [0.1, 0.15) is 5.75 Å². The van der Waals surface area contributed by atoms with Crippen molar-refractivity contribution < 1.29 is 19.4 Å². The van der Waals surface area contributed by atoms with Crippen LogP contribution in [0.3, 0.4) is 0 Å². The average molecular weight is 426 g/mol. The molecular formula is C22H23N3O4S. The number of amides is 1. The molecule has 2 N–H and O–H groups in total. The maximum atomic E-state index is 12.3. The van der Waals surface area contributed by atoms with Gasteiger partial charge < -0.3 is 19.7 Å². The van der Waals surface area contributed by atoms with Gasteiger partial charge in [0.25, 0.3) is 0 Å². The lowest BCUT2D eigenvalue weighted by Gasteiger charge is -2.11. The summed E-state index contributed by atoms with van der Waals surface area (Å²) in [4.78, 5) is 28.0. The number of anilines is 1. The van der Waals surface area contributed by atoms with Gasteiger partial charge >= 0.3 is 0 Å². The Bertz CT molecular complexity index is 1010. The number of rotatable bonds is 9. The van der Waals surface area contributed by atoms with Crippen LogP contribution in [0.25, 0.3) is 0 Å². The summed E-state index contributed by atoms with van der Waals surface area (Å²) in [5, 5.41) is 13.1. The summed E-state index contributed by atoms with van der Waals surface area (Å²) in [5.41, 5.74) is 2.93. The van der Waals surface area contributed by atoms with Gasteiger partial charge in [0, 0.05) is 17.8 Å². The zero-order valence-corrected chi connectivity index (χ0v) is 17.6. The molecular weight excluding hydrogens is 402 g/mol. The van der Waals surface area contributed by atoms with E-state index in [-0.39, 0.29) is 24.1 Å². The number of aliphatic hydroxyl groups excluding tert-OH is 1. The number of carbonyl (C=O) groups is 2. The van der Waals surface area contributed by atoms with Crippen molar-refractivity contribution in [2.24, 2.45) is 0 Å². The summed E-state index contributed by atoms with van der Waals surface area (Å²) < 4.78 is 7.07. The van der Waals surface area contributed by atoms with Crippen molar-refractivity contribution in [2.45, 2.75) is 25.2 Å². The Labute approximate surface area is 179 Å². The highest BCUT2D eigenvalue weighted by atomic mass is 32.2. The largest absolute Gasteiger partial charge is 0.497 e. The minimum Gasteiger partial charge on any atom is -0.497 e. The molecule has 30 heavy (non-hydrogen) atoms. The van der Waals surface area contributed by atoms with Crippen LogP contribution in [0, 0.1) is 0 Å². The van der Waals surface area contributed by atoms with Crippen LogP contribution >= 0.6 is 11.8 Å². The number of imidazole rings is 1. The Morgan fingerprint density at radius 1 is 1.13 bits per heavy atom. The summed E-state index contributed by atoms with van der Waals surface area (Å²) >= 11 is 1.30.